The average Bonchev–Trinajstić information content (AvgIpc) is 3.01. The number of methoxy groups -OCH3 is 2. The van der Waals surface area contributed by atoms with E-state index < -0.39 is 11.9 Å². The van der Waals surface area contributed by atoms with E-state index in [1.807, 2.05) is 25.3 Å². The van der Waals surface area contributed by atoms with Gasteiger partial charge in [0.25, 0.3) is 0 Å². The molecule has 7 nitrogen and oxygen atoms in total. The van der Waals surface area contributed by atoms with Gasteiger partial charge in [-0.3, -0.25) is 9.59 Å². The minimum atomic E-state index is -0.731. The largest absolute Gasteiger partial charge is 0.500 e. The Balaban J connectivity index is 1.55. The summed E-state index contributed by atoms with van der Waals surface area (Å²) < 4.78 is 17.7. The van der Waals surface area contributed by atoms with E-state index >= 15 is 0 Å². The van der Waals surface area contributed by atoms with Gasteiger partial charge in [-0.2, -0.15) is 0 Å². The van der Waals surface area contributed by atoms with Gasteiger partial charge in [-0.25, -0.2) is 0 Å². The number of allylic oxidation sites excluding steroid dienone is 4. The summed E-state index contributed by atoms with van der Waals surface area (Å²) >= 11 is 6.48. The van der Waals surface area contributed by atoms with Gasteiger partial charge in [0.1, 0.15) is 0 Å². The van der Waals surface area contributed by atoms with E-state index in [1.165, 1.54) is 24.7 Å². The van der Waals surface area contributed by atoms with Crippen molar-refractivity contribution < 1.29 is 23.8 Å². The molecule has 1 saturated carbocycles. The molecule has 0 saturated heterocycles. The maximum Gasteiger partial charge on any atom is 0.313 e. The summed E-state index contributed by atoms with van der Waals surface area (Å²) in [6, 6.07) is 6.34. The topological polar surface area (TPSA) is 68.3 Å². The van der Waals surface area contributed by atoms with Crippen LogP contribution in [0, 0.1) is 17.8 Å². The Morgan fingerprint density at radius 1 is 1.19 bits per heavy atom. The summed E-state index contributed by atoms with van der Waals surface area (Å²) in [6.07, 6.45) is 16.1. The molecular formula is C35H43ClN2O5. The van der Waals surface area contributed by atoms with Gasteiger partial charge in [0, 0.05) is 56.3 Å². The highest BCUT2D eigenvalue weighted by atomic mass is 35.5. The van der Waals surface area contributed by atoms with Crippen LogP contribution in [0.25, 0.3) is 0 Å². The summed E-state index contributed by atoms with van der Waals surface area (Å²) in [6.45, 7) is 2.78. The molecule has 1 aromatic rings. The molecular weight excluding hydrogens is 564 g/mol. The number of ether oxygens (including phenoxy) is 3. The predicted octanol–water partition coefficient (Wildman–Crippen LogP) is 5.59. The number of hydrogen-bond acceptors (Lipinski definition) is 6. The maximum absolute atomic E-state index is 13.3. The van der Waals surface area contributed by atoms with Gasteiger partial charge in [0.15, 0.2) is 0 Å². The van der Waals surface area contributed by atoms with Crippen LogP contribution in [0.4, 0.5) is 0 Å². The lowest BCUT2D eigenvalue weighted by atomic mass is 9.67. The molecule has 5 atom stereocenters. The Labute approximate surface area is 260 Å². The molecule has 2 bridgehead atoms. The van der Waals surface area contributed by atoms with Gasteiger partial charge in [-0.05, 0) is 96.9 Å². The van der Waals surface area contributed by atoms with Crippen LogP contribution in [0.2, 0.25) is 5.02 Å². The molecule has 3 aliphatic heterocycles. The molecule has 230 valence electrons. The summed E-state index contributed by atoms with van der Waals surface area (Å²) in [5, 5.41) is 0.768. The molecule has 0 N–H and O–H groups in total. The van der Waals surface area contributed by atoms with Crippen molar-refractivity contribution in [1.29, 1.82) is 0 Å². The third-order valence-corrected chi connectivity index (χ3v) is 10.7. The molecule has 0 unspecified atom stereocenters. The van der Waals surface area contributed by atoms with Crippen LogP contribution in [-0.2, 0) is 35.6 Å². The molecule has 0 aromatic heterocycles. The lowest BCUT2D eigenvalue weighted by Gasteiger charge is -2.49. The first-order valence-electron chi connectivity index (χ1n) is 15.6. The first kappa shape index (κ1) is 30.0. The fraction of sp³-hybridized carbons (Fsp3) is 0.543. The zero-order valence-electron chi connectivity index (χ0n) is 25.5. The fourth-order valence-electron chi connectivity index (χ4n) is 7.86. The van der Waals surface area contributed by atoms with Crippen molar-refractivity contribution in [2.45, 2.75) is 56.5 Å². The lowest BCUT2D eigenvalue weighted by Crippen LogP contribution is -2.51. The summed E-state index contributed by atoms with van der Waals surface area (Å²) in [5.74, 6) is -0.269. The van der Waals surface area contributed by atoms with Crippen LogP contribution in [-0.4, -0.2) is 75.3 Å². The van der Waals surface area contributed by atoms with Crippen LogP contribution < -0.4 is 0 Å². The Morgan fingerprint density at radius 3 is 2.81 bits per heavy atom. The minimum Gasteiger partial charge on any atom is -0.500 e. The van der Waals surface area contributed by atoms with E-state index in [2.05, 4.69) is 29.2 Å². The van der Waals surface area contributed by atoms with Crippen LogP contribution in [0.5, 0.6) is 0 Å². The van der Waals surface area contributed by atoms with Crippen LogP contribution in [0.15, 0.2) is 65.6 Å². The van der Waals surface area contributed by atoms with Gasteiger partial charge in [-0.15, -0.1) is 0 Å². The molecule has 0 radical (unpaired) electrons. The van der Waals surface area contributed by atoms with E-state index in [-0.39, 0.29) is 23.8 Å². The highest BCUT2D eigenvalue weighted by Gasteiger charge is 2.44. The fourth-order valence-corrected chi connectivity index (χ4v) is 8.05. The lowest BCUT2D eigenvalue weighted by molar-refractivity contribution is -0.147. The quantitative estimate of drug-likeness (QED) is 0.409. The average molecular weight is 607 g/mol. The van der Waals surface area contributed by atoms with Gasteiger partial charge >= 0.3 is 5.97 Å². The number of carbonyl (C=O) groups is 2. The molecule has 8 heteroatoms. The Kier molecular flexibility index (Phi) is 8.74. The molecule has 43 heavy (non-hydrogen) atoms. The first-order chi connectivity index (χ1) is 20.8. The Bertz CT molecular complexity index is 1380. The zero-order chi connectivity index (χ0) is 30.1. The number of aryl methyl sites for hydroxylation is 1. The third-order valence-electron chi connectivity index (χ3n) is 10.4. The summed E-state index contributed by atoms with van der Waals surface area (Å²) in [5.41, 5.74) is 5.38. The van der Waals surface area contributed by atoms with Gasteiger partial charge in [0.05, 0.1) is 32.0 Å². The number of amides is 1. The minimum absolute atomic E-state index is 0.0116. The molecule has 1 fully saturated rings. The van der Waals surface area contributed by atoms with Crippen molar-refractivity contribution in [3.8, 4) is 0 Å². The van der Waals surface area contributed by atoms with Crippen molar-refractivity contribution in [3.05, 3.63) is 81.8 Å². The van der Waals surface area contributed by atoms with E-state index in [0.717, 1.165) is 60.6 Å². The molecule has 2 aliphatic carbocycles. The number of esters is 1. The summed E-state index contributed by atoms with van der Waals surface area (Å²) in [4.78, 5) is 30.8. The second kappa shape index (κ2) is 12.5. The van der Waals surface area contributed by atoms with Crippen LogP contribution in [0.1, 0.15) is 49.7 Å². The molecule has 1 amide bonds. The van der Waals surface area contributed by atoms with E-state index in [9.17, 15) is 9.59 Å². The van der Waals surface area contributed by atoms with E-state index in [1.54, 1.807) is 18.3 Å². The number of nitrogens with zero attached hydrogens (tertiary/aromatic N) is 2. The number of halogens is 1. The van der Waals surface area contributed by atoms with Gasteiger partial charge in [-0.1, -0.05) is 29.8 Å². The smallest absolute Gasteiger partial charge is 0.313 e. The highest BCUT2D eigenvalue weighted by Crippen LogP contribution is 2.46. The molecule has 3 heterocycles. The number of rotatable bonds is 2. The van der Waals surface area contributed by atoms with Crippen LogP contribution in [0.3, 0.4) is 0 Å². The van der Waals surface area contributed by atoms with Crippen molar-refractivity contribution in [3.63, 3.8) is 0 Å². The number of fused-ring (bicyclic) bond motifs is 4. The zero-order valence-corrected chi connectivity index (χ0v) is 26.3. The van der Waals surface area contributed by atoms with Gasteiger partial charge in [0.2, 0.25) is 5.91 Å². The SMILES string of the molecule is COC(=O)[C@H]1CC(=O)N(C)CCC2=C[C@@H](OC)[C@@H]3CC[C@H]3CN3C[C@@]4(CCCc5cc(Cl)ccc54)COC=CC=C1C=C23. The molecule has 1 aromatic carbocycles. The standard InChI is InChI=1S/C35H43ClN2O5/c1-37-14-12-25-18-32(41-2)28-10-8-26(28)20-38-21-35(13-4-6-24-16-27(36)9-11-30(24)35)22-43-15-5-7-23(17-31(25)38)29(19-33(37)39)34(40)42-3/h5,7,9,11,15-18,26,28-29,32H,4,6,8,10,12-14,19-22H2,1-3H3/t26-,28+,29-,32+,35-/m0/s1. The van der Waals surface area contributed by atoms with E-state index in [4.69, 9.17) is 25.8 Å². The maximum atomic E-state index is 13.3. The number of benzene rings is 1. The predicted molar refractivity (Wildman–Crippen MR) is 166 cm³/mol. The number of carbonyl (C=O) groups excluding carboxylic acids is 2. The van der Waals surface area contributed by atoms with Gasteiger partial charge < -0.3 is 24.0 Å². The monoisotopic (exact) mass is 606 g/mol. The second-order valence-electron chi connectivity index (χ2n) is 12.9. The Morgan fingerprint density at radius 2 is 2.05 bits per heavy atom. The molecule has 5 aliphatic rings. The second-order valence-corrected chi connectivity index (χ2v) is 13.3. The third kappa shape index (κ3) is 5.91. The van der Waals surface area contributed by atoms with Crippen molar-refractivity contribution in [1.82, 2.24) is 9.80 Å². The summed E-state index contributed by atoms with van der Waals surface area (Å²) in [7, 11) is 5.01. The normalized spacial score (nSPS) is 31.0. The van der Waals surface area contributed by atoms with E-state index in [0.29, 0.717) is 31.4 Å². The van der Waals surface area contributed by atoms with Crippen LogP contribution >= 0.6 is 11.6 Å². The molecule has 1 spiro atoms. The Hall–Kier alpha value is -3.03. The number of hydrogen-bond donors (Lipinski definition) is 0. The van der Waals surface area contributed by atoms with Crippen molar-refractivity contribution in [2.75, 3.05) is 47.5 Å². The van der Waals surface area contributed by atoms with Crippen molar-refractivity contribution in [2.24, 2.45) is 17.8 Å². The van der Waals surface area contributed by atoms with Crippen molar-refractivity contribution >= 4 is 23.5 Å². The first-order valence-corrected chi connectivity index (χ1v) is 16.0. The molecule has 6 rings (SSSR count). The highest BCUT2D eigenvalue weighted by molar-refractivity contribution is 6.30.